The van der Waals surface area contributed by atoms with Crippen molar-refractivity contribution in [1.82, 2.24) is 10.2 Å². The van der Waals surface area contributed by atoms with Gasteiger partial charge in [-0.05, 0) is 42.7 Å². The molecule has 4 nitrogen and oxygen atoms in total. The fourth-order valence-electron chi connectivity index (χ4n) is 4.15. The number of likely N-dealkylation sites (tertiary alicyclic amines) is 1. The molecule has 0 atom stereocenters. The van der Waals surface area contributed by atoms with Crippen LogP contribution in [0.4, 0.5) is 13.2 Å². The van der Waals surface area contributed by atoms with E-state index in [1.54, 1.807) is 12.1 Å². The number of alkyl halides is 3. The SMILES string of the molecule is O=C(NC1CCN(Cc2cccc(C(F)(F)F)c2)CC1)c1ccccc1COc1ccccc1. The van der Waals surface area contributed by atoms with E-state index in [2.05, 4.69) is 10.2 Å². The molecule has 1 aliphatic heterocycles. The Bertz CT molecular complexity index is 1090. The van der Waals surface area contributed by atoms with E-state index in [1.807, 2.05) is 48.5 Å². The molecule has 1 heterocycles. The average Bonchev–Trinajstić information content (AvgIpc) is 2.84. The van der Waals surface area contributed by atoms with Crippen molar-refractivity contribution in [2.45, 2.75) is 38.2 Å². The highest BCUT2D eigenvalue weighted by Gasteiger charge is 2.30. The highest BCUT2D eigenvalue weighted by molar-refractivity contribution is 5.95. The number of halogens is 3. The number of benzene rings is 3. The smallest absolute Gasteiger partial charge is 0.416 e. The van der Waals surface area contributed by atoms with Gasteiger partial charge in [-0.1, -0.05) is 54.6 Å². The molecule has 0 saturated carbocycles. The van der Waals surface area contributed by atoms with E-state index >= 15 is 0 Å². The Labute approximate surface area is 197 Å². The van der Waals surface area contributed by atoms with Crippen molar-refractivity contribution < 1.29 is 22.7 Å². The van der Waals surface area contributed by atoms with E-state index in [0.717, 1.165) is 30.2 Å². The van der Waals surface area contributed by atoms with E-state index in [0.29, 0.717) is 37.4 Å². The van der Waals surface area contributed by atoms with Crippen LogP contribution < -0.4 is 10.1 Å². The summed E-state index contributed by atoms with van der Waals surface area (Å²) in [5, 5.41) is 3.12. The molecule has 178 valence electrons. The van der Waals surface area contributed by atoms with Crippen molar-refractivity contribution in [1.29, 1.82) is 0 Å². The maximum absolute atomic E-state index is 13.0. The van der Waals surface area contributed by atoms with Gasteiger partial charge in [0.2, 0.25) is 0 Å². The molecule has 34 heavy (non-hydrogen) atoms. The lowest BCUT2D eigenvalue weighted by atomic mass is 10.0. The topological polar surface area (TPSA) is 41.6 Å². The van der Waals surface area contributed by atoms with Crippen molar-refractivity contribution in [3.63, 3.8) is 0 Å². The zero-order valence-electron chi connectivity index (χ0n) is 18.7. The molecule has 3 aromatic rings. The summed E-state index contributed by atoms with van der Waals surface area (Å²) in [6.07, 6.45) is -2.85. The van der Waals surface area contributed by atoms with Crippen LogP contribution in [-0.2, 0) is 19.3 Å². The second kappa shape index (κ2) is 10.7. The van der Waals surface area contributed by atoms with E-state index in [1.165, 1.54) is 12.1 Å². The quantitative estimate of drug-likeness (QED) is 0.485. The van der Waals surface area contributed by atoms with E-state index < -0.39 is 11.7 Å². The Kier molecular flexibility index (Phi) is 7.53. The highest BCUT2D eigenvalue weighted by Crippen LogP contribution is 2.30. The van der Waals surface area contributed by atoms with E-state index in [9.17, 15) is 18.0 Å². The summed E-state index contributed by atoms with van der Waals surface area (Å²) >= 11 is 0. The number of hydrogen-bond donors (Lipinski definition) is 1. The third-order valence-electron chi connectivity index (χ3n) is 5.98. The Hall–Kier alpha value is -3.32. The van der Waals surface area contributed by atoms with Crippen LogP contribution >= 0.6 is 0 Å². The third kappa shape index (κ3) is 6.38. The van der Waals surface area contributed by atoms with Crippen LogP contribution in [0.2, 0.25) is 0 Å². The number of hydrogen-bond acceptors (Lipinski definition) is 3. The zero-order valence-corrected chi connectivity index (χ0v) is 18.7. The fraction of sp³-hybridized carbons (Fsp3) is 0.296. The Balaban J connectivity index is 1.30. The van der Waals surface area contributed by atoms with Crippen LogP contribution in [0, 0.1) is 0 Å². The molecule has 0 unspecified atom stereocenters. The van der Waals surface area contributed by atoms with Gasteiger partial charge in [0, 0.05) is 36.8 Å². The van der Waals surface area contributed by atoms with Crippen molar-refractivity contribution in [3.8, 4) is 5.75 Å². The molecule has 1 saturated heterocycles. The van der Waals surface area contributed by atoms with Gasteiger partial charge in [-0.2, -0.15) is 13.2 Å². The van der Waals surface area contributed by atoms with Gasteiger partial charge in [0.05, 0.1) is 5.56 Å². The first kappa shape index (κ1) is 23.8. The number of carbonyl (C=O) groups excluding carboxylic acids is 1. The first-order chi connectivity index (χ1) is 16.4. The molecule has 0 bridgehead atoms. The van der Waals surface area contributed by atoms with E-state index in [-0.39, 0.29) is 11.9 Å². The van der Waals surface area contributed by atoms with Gasteiger partial charge in [0.25, 0.3) is 5.91 Å². The predicted octanol–water partition coefficient (Wildman–Crippen LogP) is 5.68. The van der Waals surface area contributed by atoms with Gasteiger partial charge >= 0.3 is 6.18 Å². The van der Waals surface area contributed by atoms with Crippen LogP contribution in [-0.4, -0.2) is 29.9 Å². The summed E-state index contributed by atoms with van der Waals surface area (Å²) < 4.78 is 44.7. The monoisotopic (exact) mass is 468 g/mol. The van der Waals surface area contributed by atoms with Crippen LogP contribution in [0.1, 0.15) is 39.9 Å². The Morgan fingerprint density at radius 3 is 2.38 bits per heavy atom. The lowest BCUT2D eigenvalue weighted by Gasteiger charge is -2.32. The molecule has 7 heteroatoms. The number of para-hydroxylation sites is 1. The van der Waals surface area contributed by atoms with Crippen LogP contribution in [0.15, 0.2) is 78.9 Å². The maximum Gasteiger partial charge on any atom is 0.416 e. The molecule has 0 aliphatic carbocycles. The second-order valence-electron chi connectivity index (χ2n) is 8.48. The van der Waals surface area contributed by atoms with Crippen molar-refractivity contribution in [2.24, 2.45) is 0 Å². The minimum absolute atomic E-state index is 0.0216. The standard InChI is InChI=1S/C27H27F3N2O2/c28-27(29,30)22-9-6-7-20(17-22)18-32-15-13-23(14-16-32)31-26(33)25-12-5-4-8-21(25)19-34-24-10-2-1-3-11-24/h1-12,17,23H,13-16,18-19H2,(H,31,33). The van der Waals surface area contributed by atoms with Gasteiger partial charge in [0.1, 0.15) is 12.4 Å². The molecule has 1 amide bonds. The molecule has 0 radical (unpaired) electrons. The van der Waals surface area contributed by atoms with Crippen LogP contribution in [0.5, 0.6) is 5.75 Å². The molecular formula is C27H27F3N2O2. The summed E-state index contributed by atoms with van der Waals surface area (Å²) in [5.41, 5.74) is 1.42. The van der Waals surface area contributed by atoms with Crippen LogP contribution in [0.25, 0.3) is 0 Å². The highest BCUT2D eigenvalue weighted by atomic mass is 19.4. The van der Waals surface area contributed by atoms with Crippen molar-refractivity contribution in [3.05, 3.63) is 101 Å². The summed E-state index contributed by atoms with van der Waals surface area (Å²) in [5.74, 6) is 0.606. The number of rotatable bonds is 7. The summed E-state index contributed by atoms with van der Waals surface area (Å²) in [6.45, 7) is 2.17. The lowest BCUT2D eigenvalue weighted by molar-refractivity contribution is -0.137. The number of amides is 1. The third-order valence-corrected chi connectivity index (χ3v) is 5.98. The summed E-state index contributed by atoms with van der Waals surface area (Å²) in [7, 11) is 0. The molecule has 0 aromatic heterocycles. The van der Waals surface area contributed by atoms with E-state index in [4.69, 9.17) is 4.74 Å². The maximum atomic E-state index is 13.0. The first-order valence-corrected chi connectivity index (χ1v) is 11.3. The van der Waals surface area contributed by atoms with Crippen molar-refractivity contribution >= 4 is 5.91 Å². The normalized spacial score (nSPS) is 15.1. The lowest BCUT2D eigenvalue weighted by Crippen LogP contribution is -2.44. The number of piperidine rings is 1. The Morgan fingerprint density at radius 2 is 1.65 bits per heavy atom. The molecular weight excluding hydrogens is 441 g/mol. The van der Waals surface area contributed by atoms with Gasteiger partial charge in [-0.25, -0.2) is 0 Å². The Morgan fingerprint density at radius 1 is 0.941 bits per heavy atom. The van der Waals surface area contributed by atoms with Gasteiger partial charge in [-0.15, -0.1) is 0 Å². The van der Waals surface area contributed by atoms with Gasteiger partial charge < -0.3 is 10.1 Å². The van der Waals surface area contributed by atoms with Gasteiger partial charge in [-0.3, -0.25) is 9.69 Å². The fourth-order valence-corrected chi connectivity index (χ4v) is 4.15. The molecule has 1 fully saturated rings. The zero-order chi connectivity index (χ0) is 24.0. The molecule has 1 N–H and O–H groups in total. The molecule has 4 rings (SSSR count). The largest absolute Gasteiger partial charge is 0.489 e. The predicted molar refractivity (Wildman–Crippen MR) is 124 cm³/mol. The van der Waals surface area contributed by atoms with Gasteiger partial charge in [0.15, 0.2) is 0 Å². The summed E-state index contributed by atoms with van der Waals surface area (Å²) in [6, 6.07) is 22.3. The minimum Gasteiger partial charge on any atom is -0.489 e. The summed E-state index contributed by atoms with van der Waals surface area (Å²) in [4.78, 5) is 15.1. The number of carbonyl (C=O) groups is 1. The van der Waals surface area contributed by atoms with Crippen molar-refractivity contribution in [2.75, 3.05) is 13.1 Å². The molecule has 3 aromatic carbocycles. The first-order valence-electron chi connectivity index (χ1n) is 11.3. The second-order valence-corrected chi connectivity index (χ2v) is 8.48. The molecule has 0 spiro atoms. The number of nitrogens with zero attached hydrogens (tertiary/aromatic N) is 1. The molecule has 1 aliphatic rings. The van der Waals surface area contributed by atoms with Crippen LogP contribution in [0.3, 0.4) is 0 Å². The number of nitrogens with one attached hydrogen (secondary N) is 1. The minimum atomic E-state index is -4.34. The number of ether oxygens (including phenoxy) is 1. The average molecular weight is 469 g/mol.